The van der Waals surface area contributed by atoms with Crippen molar-refractivity contribution < 1.29 is 13.6 Å². The molecule has 3 rings (SSSR count). The normalized spacial score (nSPS) is 11.0. The Kier molecular flexibility index (Phi) is 4.52. The van der Waals surface area contributed by atoms with Crippen LogP contribution >= 0.6 is 11.6 Å². The first kappa shape index (κ1) is 16.1. The van der Waals surface area contributed by atoms with E-state index in [2.05, 4.69) is 20.5 Å². The maximum atomic E-state index is 12.7. The van der Waals surface area contributed by atoms with E-state index in [0.717, 1.165) is 11.8 Å². The van der Waals surface area contributed by atoms with E-state index in [9.17, 15) is 13.6 Å². The third kappa shape index (κ3) is 3.57. The van der Waals surface area contributed by atoms with Crippen molar-refractivity contribution in [3.05, 3.63) is 59.1 Å². The summed E-state index contributed by atoms with van der Waals surface area (Å²) in [7, 11) is 0. The molecule has 10 heteroatoms. The molecule has 2 aromatic heterocycles. The van der Waals surface area contributed by atoms with Crippen LogP contribution in [0.1, 0.15) is 22.6 Å². The van der Waals surface area contributed by atoms with E-state index in [-0.39, 0.29) is 11.6 Å². The summed E-state index contributed by atoms with van der Waals surface area (Å²) in [6, 6.07) is 8.36. The third-order valence-electron chi connectivity index (χ3n) is 3.11. The molecule has 2 heterocycles. The van der Waals surface area contributed by atoms with Crippen molar-refractivity contribution in [2.24, 2.45) is 0 Å². The van der Waals surface area contributed by atoms with E-state index in [1.807, 2.05) is 12.1 Å². The van der Waals surface area contributed by atoms with Gasteiger partial charge in [0, 0.05) is 11.2 Å². The van der Waals surface area contributed by atoms with E-state index in [0.29, 0.717) is 16.2 Å². The highest BCUT2D eigenvalue weighted by molar-refractivity contribution is 6.30. The number of aromatic nitrogens is 5. The number of amides is 1. The molecule has 0 saturated heterocycles. The summed E-state index contributed by atoms with van der Waals surface area (Å²) in [6.45, 7) is -2.48. The summed E-state index contributed by atoms with van der Waals surface area (Å²) in [5, 5.41) is 10.5. The minimum Gasteiger partial charge on any atom is -0.288 e. The Hall–Kier alpha value is -2.81. The van der Waals surface area contributed by atoms with Gasteiger partial charge in [0.15, 0.2) is 0 Å². The number of nitrogens with one attached hydrogen (secondary N) is 1. The summed E-state index contributed by atoms with van der Waals surface area (Å²) in [5.74, 6) is -0.756. The molecule has 0 bridgehead atoms. The number of carbonyl (C=O) groups is 1. The molecule has 0 spiro atoms. The molecule has 124 valence electrons. The number of hydrogen-bond acceptors (Lipinski definition) is 4. The molecule has 0 aliphatic carbocycles. The Morgan fingerprint density at radius 1 is 1.25 bits per heavy atom. The van der Waals surface area contributed by atoms with Gasteiger partial charge in [-0.3, -0.25) is 10.1 Å². The van der Waals surface area contributed by atoms with Crippen LogP contribution in [0.4, 0.5) is 14.7 Å². The van der Waals surface area contributed by atoms with Gasteiger partial charge < -0.3 is 0 Å². The Balaban J connectivity index is 1.68. The van der Waals surface area contributed by atoms with Crippen LogP contribution in [0.3, 0.4) is 0 Å². The second kappa shape index (κ2) is 6.75. The van der Waals surface area contributed by atoms with E-state index < -0.39 is 12.5 Å². The Morgan fingerprint density at radius 3 is 2.71 bits per heavy atom. The number of hydrogen-bond donors (Lipinski definition) is 1. The third-order valence-corrected chi connectivity index (χ3v) is 3.36. The van der Waals surface area contributed by atoms with Gasteiger partial charge in [-0.15, -0.1) is 5.10 Å². The number of alkyl halides is 2. The summed E-state index contributed by atoms with van der Waals surface area (Å²) in [5.41, 5.74) is 0.664. The zero-order valence-corrected chi connectivity index (χ0v) is 12.9. The molecule has 1 amide bonds. The highest BCUT2D eigenvalue weighted by Crippen LogP contribution is 2.14. The van der Waals surface area contributed by atoms with E-state index in [4.69, 9.17) is 11.6 Å². The van der Waals surface area contributed by atoms with E-state index >= 15 is 0 Å². The van der Waals surface area contributed by atoms with E-state index in [1.165, 1.54) is 17.1 Å². The number of halogens is 3. The lowest BCUT2D eigenvalue weighted by atomic mass is 10.2. The lowest BCUT2D eigenvalue weighted by Crippen LogP contribution is -2.19. The maximum Gasteiger partial charge on any atom is 0.333 e. The highest BCUT2D eigenvalue weighted by atomic mass is 35.5. The van der Waals surface area contributed by atoms with Gasteiger partial charge in [0.2, 0.25) is 5.95 Å². The number of nitrogens with zero attached hydrogens (tertiary/aromatic N) is 5. The van der Waals surface area contributed by atoms with Crippen molar-refractivity contribution in [2.45, 2.75) is 13.1 Å². The van der Waals surface area contributed by atoms with Crippen LogP contribution in [0.15, 0.2) is 42.9 Å². The molecule has 0 atom stereocenters. The fourth-order valence-corrected chi connectivity index (χ4v) is 2.15. The van der Waals surface area contributed by atoms with Crippen LogP contribution in [0.5, 0.6) is 0 Å². The molecule has 3 aromatic rings. The standard InChI is InChI=1S/C14H11ClF2N6O/c15-10-3-1-9(2-4-10)7-22-8-18-14(21-22)20-12(24)11-5-6-19-23(11)13(16)17/h1-6,8,13H,7H2,(H,20,21,24). The first-order chi connectivity index (χ1) is 11.5. The Morgan fingerprint density at radius 2 is 2.00 bits per heavy atom. The molecular formula is C14H11ClF2N6O. The fraction of sp³-hybridized carbons (Fsp3) is 0.143. The van der Waals surface area contributed by atoms with Crippen LogP contribution in [0, 0.1) is 0 Å². The SMILES string of the molecule is O=C(Nc1ncn(Cc2ccc(Cl)cc2)n1)c1ccnn1C(F)F. The lowest BCUT2D eigenvalue weighted by Gasteiger charge is -2.05. The zero-order valence-electron chi connectivity index (χ0n) is 12.1. The molecule has 0 saturated carbocycles. The number of rotatable bonds is 5. The van der Waals surface area contributed by atoms with Gasteiger partial charge in [-0.25, -0.2) is 9.67 Å². The zero-order chi connectivity index (χ0) is 17.1. The highest BCUT2D eigenvalue weighted by Gasteiger charge is 2.19. The minimum atomic E-state index is -2.91. The smallest absolute Gasteiger partial charge is 0.288 e. The molecule has 0 aliphatic heterocycles. The summed E-state index contributed by atoms with van der Waals surface area (Å²) in [6.07, 6.45) is 2.54. The van der Waals surface area contributed by atoms with Crippen molar-refractivity contribution in [1.29, 1.82) is 0 Å². The average Bonchev–Trinajstić information content (AvgIpc) is 3.19. The van der Waals surface area contributed by atoms with Crippen LogP contribution in [0.2, 0.25) is 5.02 Å². The number of benzene rings is 1. The molecular weight excluding hydrogens is 342 g/mol. The molecule has 1 N–H and O–H groups in total. The number of carbonyl (C=O) groups excluding carboxylic acids is 1. The predicted octanol–water partition coefficient (Wildman–Crippen LogP) is 2.82. The van der Waals surface area contributed by atoms with Gasteiger partial charge in [0.05, 0.1) is 6.54 Å². The topological polar surface area (TPSA) is 77.6 Å². The first-order valence-corrected chi connectivity index (χ1v) is 7.17. The Bertz CT molecular complexity index is 845. The monoisotopic (exact) mass is 352 g/mol. The summed E-state index contributed by atoms with van der Waals surface area (Å²) >= 11 is 5.82. The number of anilines is 1. The van der Waals surface area contributed by atoms with Gasteiger partial charge in [0.1, 0.15) is 12.0 Å². The largest absolute Gasteiger partial charge is 0.333 e. The second-order valence-electron chi connectivity index (χ2n) is 4.79. The quantitative estimate of drug-likeness (QED) is 0.766. The molecule has 24 heavy (non-hydrogen) atoms. The van der Waals surface area contributed by atoms with Gasteiger partial charge in [-0.2, -0.15) is 18.6 Å². The predicted molar refractivity (Wildman–Crippen MR) is 82.0 cm³/mol. The van der Waals surface area contributed by atoms with E-state index in [1.54, 1.807) is 12.1 Å². The van der Waals surface area contributed by atoms with Crippen LogP contribution in [-0.2, 0) is 6.54 Å². The average molecular weight is 353 g/mol. The molecule has 0 radical (unpaired) electrons. The maximum absolute atomic E-state index is 12.7. The summed E-state index contributed by atoms with van der Waals surface area (Å²) < 4.78 is 27.2. The minimum absolute atomic E-state index is 0.0102. The van der Waals surface area contributed by atoms with Crippen molar-refractivity contribution in [2.75, 3.05) is 5.32 Å². The van der Waals surface area contributed by atoms with Crippen LogP contribution < -0.4 is 5.32 Å². The van der Waals surface area contributed by atoms with Crippen molar-refractivity contribution in [3.8, 4) is 0 Å². The lowest BCUT2D eigenvalue weighted by molar-refractivity contribution is 0.0520. The van der Waals surface area contributed by atoms with Crippen molar-refractivity contribution in [1.82, 2.24) is 24.5 Å². The van der Waals surface area contributed by atoms with Gasteiger partial charge in [0.25, 0.3) is 5.91 Å². The Labute approximate surface area is 139 Å². The fourth-order valence-electron chi connectivity index (χ4n) is 2.02. The van der Waals surface area contributed by atoms with Gasteiger partial charge in [-0.1, -0.05) is 23.7 Å². The molecule has 7 nitrogen and oxygen atoms in total. The van der Waals surface area contributed by atoms with Crippen LogP contribution in [0.25, 0.3) is 0 Å². The van der Waals surface area contributed by atoms with Crippen LogP contribution in [-0.4, -0.2) is 30.5 Å². The summed E-state index contributed by atoms with van der Waals surface area (Å²) in [4.78, 5) is 15.9. The van der Waals surface area contributed by atoms with Crippen molar-refractivity contribution in [3.63, 3.8) is 0 Å². The molecule has 0 aliphatic rings. The van der Waals surface area contributed by atoms with Gasteiger partial charge in [-0.05, 0) is 23.8 Å². The molecule has 1 aromatic carbocycles. The van der Waals surface area contributed by atoms with Gasteiger partial charge >= 0.3 is 6.55 Å². The second-order valence-corrected chi connectivity index (χ2v) is 5.22. The van der Waals surface area contributed by atoms with Crippen molar-refractivity contribution >= 4 is 23.5 Å². The molecule has 0 fully saturated rings. The molecule has 0 unspecified atom stereocenters. The first-order valence-electron chi connectivity index (χ1n) is 6.80.